The Balaban J connectivity index is -0.0000000666. The first-order chi connectivity index (χ1) is 15.5. The topological polar surface area (TPSA) is 283 Å². The van der Waals surface area contributed by atoms with Crippen LogP contribution in [0.5, 0.6) is 0 Å². The Morgan fingerprint density at radius 3 is 0.697 bits per heavy atom. The van der Waals surface area contributed by atoms with Crippen LogP contribution in [-0.4, -0.2) is 162 Å². The molecule has 0 aliphatic heterocycles. The maximum Gasteiger partial charge on any atom is 0.100 e. The van der Waals surface area contributed by atoms with E-state index < -0.39 is 18.3 Å². The van der Waals surface area contributed by atoms with Gasteiger partial charge in [-0.2, -0.15) is 0 Å². The van der Waals surface area contributed by atoms with E-state index in [1.54, 1.807) is 6.92 Å². The van der Waals surface area contributed by atoms with Crippen molar-refractivity contribution in [3.8, 4) is 0 Å². The second-order valence-corrected chi connectivity index (χ2v) is 6.03. The number of rotatable bonds is 11. The average Bonchev–Trinajstić information content (AvgIpc) is 2.83. The van der Waals surface area contributed by atoms with Gasteiger partial charge in [0.05, 0.1) is 58.5 Å². The van der Waals surface area contributed by atoms with Gasteiger partial charge in [0, 0.05) is 19.8 Å². The van der Waals surface area contributed by atoms with E-state index in [1.165, 1.54) is 6.92 Å². The van der Waals surface area contributed by atoms with Gasteiger partial charge in [-0.1, -0.05) is 0 Å². The van der Waals surface area contributed by atoms with Gasteiger partial charge in [-0.05, 0) is 33.1 Å². The summed E-state index contributed by atoms with van der Waals surface area (Å²) < 4.78 is 0. The molecule has 0 amide bonds. The first kappa shape index (κ1) is 45.9. The SMILES string of the molecule is CC(O)CCO.CC(O)CO.OCC(O)CO.OCC(O)CO.OCCCCO.OCCO. The monoisotopic (exact) mass is 502 g/mol. The first-order valence-corrected chi connectivity index (χ1v) is 10.3. The maximum absolute atomic E-state index is 8.39. The zero-order valence-corrected chi connectivity index (χ0v) is 19.8. The number of hydrogen-bond donors (Lipinski definition) is 14. The van der Waals surface area contributed by atoms with Crippen molar-refractivity contribution in [2.75, 3.05) is 66.1 Å². The molecule has 210 valence electrons. The van der Waals surface area contributed by atoms with E-state index in [-0.39, 0.29) is 72.2 Å². The third kappa shape index (κ3) is 101. The van der Waals surface area contributed by atoms with Crippen molar-refractivity contribution in [3.63, 3.8) is 0 Å². The van der Waals surface area contributed by atoms with Crippen molar-refractivity contribution >= 4 is 0 Å². The lowest BCUT2D eigenvalue weighted by molar-refractivity contribution is 0.0450. The second kappa shape index (κ2) is 48.8. The highest BCUT2D eigenvalue weighted by Crippen LogP contribution is 1.83. The summed E-state index contributed by atoms with van der Waals surface area (Å²) in [7, 11) is 0. The van der Waals surface area contributed by atoms with Crippen LogP contribution in [-0.2, 0) is 0 Å². The van der Waals surface area contributed by atoms with Gasteiger partial charge in [0.15, 0.2) is 0 Å². The van der Waals surface area contributed by atoms with Crippen LogP contribution in [0.2, 0.25) is 0 Å². The van der Waals surface area contributed by atoms with Crippen LogP contribution in [0.4, 0.5) is 0 Å². The predicted octanol–water partition coefficient (Wildman–Crippen LogP) is -5.50. The Hall–Kier alpha value is -0.560. The van der Waals surface area contributed by atoms with E-state index in [4.69, 9.17) is 71.5 Å². The Bertz CT molecular complexity index is 237. The Kier molecular flexibility index (Phi) is 67.8. The molecule has 0 saturated carbocycles. The average molecular weight is 503 g/mol. The lowest BCUT2D eigenvalue weighted by atomic mass is 10.3. The zero-order chi connectivity index (χ0) is 27.5. The third-order valence-electron chi connectivity index (χ3n) is 2.32. The van der Waals surface area contributed by atoms with Crippen molar-refractivity contribution in [1.29, 1.82) is 0 Å². The quantitative estimate of drug-likeness (QED) is 0.117. The molecule has 0 radical (unpaired) electrons. The highest BCUT2D eigenvalue weighted by atomic mass is 16.4. The van der Waals surface area contributed by atoms with Crippen molar-refractivity contribution in [2.45, 2.75) is 57.5 Å². The molecule has 14 N–H and O–H groups in total. The summed E-state index contributed by atoms with van der Waals surface area (Å²) in [6, 6.07) is 0. The van der Waals surface area contributed by atoms with Crippen molar-refractivity contribution < 1.29 is 71.5 Å². The fourth-order valence-corrected chi connectivity index (χ4v) is 0.526. The molecule has 0 aliphatic rings. The summed E-state index contributed by atoms with van der Waals surface area (Å²) in [5, 5.41) is 112. The first-order valence-electron chi connectivity index (χ1n) is 10.3. The van der Waals surface area contributed by atoms with Gasteiger partial charge in [-0.3, -0.25) is 0 Å². The van der Waals surface area contributed by atoms with Crippen molar-refractivity contribution in [1.82, 2.24) is 0 Å². The fourth-order valence-electron chi connectivity index (χ4n) is 0.526. The minimum atomic E-state index is -0.954. The van der Waals surface area contributed by atoms with Crippen molar-refractivity contribution in [2.24, 2.45) is 0 Å². The van der Waals surface area contributed by atoms with Gasteiger partial charge in [0.25, 0.3) is 0 Å². The minimum absolute atomic E-state index is 0.0810. The molecule has 0 aromatic rings. The van der Waals surface area contributed by atoms with E-state index in [1.807, 2.05) is 0 Å². The summed E-state index contributed by atoms with van der Waals surface area (Å²) >= 11 is 0. The highest BCUT2D eigenvalue weighted by Gasteiger charge is 1.94. The summed E-state index contributed by atoms with van der Waals surface area (Å²) in [6.07, 6.45) is -0.896. The van der Waals surface area contributed by atoms with Gasteiger partial charge >= 0.3 is 0 Å². The van der Waals surface area contributed by atoms with Crippen LogP contribution in [0.1, 0.15) is 33.1 Å². The molecule has 14 heteroatoms. The van der Waals surface area contributed by atoms with Gasteiger partial charge in [0.1, 0.15) is 12.2 Å². The van der Waals surface area contributed by atoms with Crippen LogP contribution < -0.4 is 0 Å². The van der Waals surface area contributed by atoms with E-state index in [0.717, 1.165) is 12.8 Å². The number of unbranched alkanes of at least 4 members (excludes halogenated alkanes) is 1. The third-order valence-corrected chi connectivity index (χ3v) is 2.32. The smallest absolute Gasteiger partial charge is 0.100 e. The van der Waals surface area contributed by atoms with Crippen LogP contribution in [0.3, 0.4) is 0 Å². The zero-order valence-electron chi connectivity index (χ0n) is 19.8. The van der Waals surface area contributed by atoms with Crippen LogP contribution in [0.25, 0.3) is 0 Å². The molecule has 0 aromatic heterocycles. The van der Waals surface area contributed by atoms with E-state index in [0.29, 0.717) is 6.42 Å². The second-order valence-electron chi connectivity index (χ2n) is 6.03. The fraction of sp³-hybridized carbons (Fsp3) is 1.00. The molecule has 14 nitrogen and oxygen atoms in total. The Morgan fingerprint density at radius 2 is 0.667 bits per heavy atom. The predicted molar refractivity (Wildman–Crippen MR) is 120 cm³/mol. The van der Waals surface area contributed by atoms with Crippen LogP contribution in [0, 0.1) is 0 Å². The molecule has 0 fully saturated rings. The lowest BCUT2D eigenvalue weighted by Crippen LogP contribution is -2.15. The Labute approximate surface area is 195 Å². The molecule has 33 heavy (non-hydrogen) atoms. The van der Waals surface area contributed by atoms with Crippen LogP contribution >= 0.6 is 0 Å². The van der Waals surface area contributed by atoms with Gasteiger partial charge < -0.3 is 71.5 Å². The number of aliphatic hydroxyl groups excluding tert-OH is 14. The molecular formula is C19H50O14. The summed E-state index contributed by atoms with van der Waals surface area (Å²) in [6.45, 7) is 1.80. The molecule has 0 bridgehead atoms. The minimum Gasteiger partial charge on any atom is -0.396 e. The molecule has 0 rings (SSSR count). The molecule has 2 atom stereocenters. The molecule has 2 unspecified atom stereocenters. The number of aliphatic hydroxyl groups is 14. The normalized spacial score (nSPS) is 11.1. The van der Waals surface area contributed by atoms with Crippen LogP contribution in [0.15, 0.2) is 0 Å². The van der Waals surface area contributed by atoms with E-state index >= 15 is 0 Å². The molecule has 0 aromatic carbocycles. The lowest BCUT2D eigenvalue weighted by Gasteiger charge is -1.96. The summed E-state index contributed by atoms with van der Waals surface area (Å²) in [5.41, 5.74) is 0. The maximum atomic E-state index is 8.39. The standard InChI is InChI=1S/2C4H10O2.2C3H8O3.C3H8O2.C2H6O2/c1-4(6)2-3-5;5-3-1-2-4-6;2*4-1-3(6)2-5;1-3(5)2-4;3-1-2-4/h4-6H,2-3H2,1H3;5-6H,1-4H2;2*3-6H,1-2H2;3-5H,2H2,1H3;3-4H,1-2H2. The molecular weight excluding hydrogens is 452 g/mol. The van der Waals surface area contributed by atoms with Gasteiger partial charge in [0.2, 0.25) is 0 Å². The molecule has 0 aliphatic carbocycles. The van der Waals surface area contributed by atoms with E-state index in [9.17, 15) is 0 Å². The van der Waals surface area contributed by atoms with E-state index in [2.05, 4.69) is 0 Å². The largest absolute Gasteiger partial charge is 0.396 e. The summed E-state index contributed by atoms with van der Waals surface area (Å²) in [4.78, 5) is 0. The molecule has 0 saturated heterocycles. The molecule has 0 spiro atoms. The van der Waals surface area contributed by atoms with Gasteiger partial charge in [-0.15, -0.1) is 0 Å². The molecule has 0 heterocycles. The van der Waals surface area contributed by atoms with Gasteiger partial charge in [-0.25, -0.2) is 0 Å². The summed E-state index contributed by atoms with van der Waals surface area (Å²) in [5.74, 6) is 0. The van der Waals surface area contributed by atoms with Crippen molar-refractivity contribution in [3.05, 3.63) is 0 Å². The Morgan fingerprint density at radius 1 is 0.394 bits per heavy atom. The highest BCUT2D eigenvalue weighted by molar-refractivity contribution is 4.44. The number of hydrogen-bond acceptors (Lipinski definition) is 14.